The van der Waals surface area contributed by atoms with Gasteiger partial charge in [0.15, 0.2) is 0 Å². The molecule has 0 bridgehead atoms. The zero-order chi connectivity index (χ0) is 45.7. The van der Waals surface area contributed by atoms with E-state index < -0.39 is 0 Å². The Morgan fingerprint density at radius 3 is 0.869 bits per heavy atom. The van der Waals surface area contributed by atoms with Gasteiger partial charge in [-0.25, -0.2) is 0 Å². The molecular weight excluding hydrogens is 741 g/mol. The van der Waals surface area contributed by atoms with Gasteiger partial charge < -0.3 is 4.90 Å². The first-order valence-electron chi connectivity index (χ1n) is 23.9. The fourth-order valence-electron chi connectivity index (χ4n) is 7.59. The molecule has 0 amide bonds. The summed E-state index contributed by atoms with van der Waals surface area (Å²) in [5.41, 5.74) is 10.5. The minimum Gasteiger partial charge on any atom is -0.305 e. The Bertz CT molecular complexity index is 1390. The van der Waals surface area contributed by atoms with Gasteiger partial charge in [-0.05, 0) is 171 Å². The maximum absolute atomic E-state index is 3.94. The van der Waals surface area contributed by atoms with Crippen LogP contribution in [0.3, 0.4) is 0 Å². The lowest BCUT2D eigenvalue weighted by Crippen LogP contribution is -2.31. The second kappa shape index (κ2) is 38.4. The van der Waals surface area contributed by atoms with E-state index in [1.165, 1.54) is 119 Å². The quantitative estimate of drug-likeness (QED) is 0.0709. The number of piperidine rings is 1. The lowest BCUT2D eigenvalue weighted by molar-refractivity contribution is 0.246. The molecule has 0 aromatic carbocycles. The summed E-state index contributed by atoms with van der Waals surface area (Å²) in [7, 11) is 4.17. The average Bonchev–Trinajstić information content (AvgIpc) is 3.62. The summed E-state index contributed by atoms with van der Waals surface area (Å²) in [6, 6.07) is 0. The Hall–Kier alpha value is -3.28. The minimum absolute atomic E-state index is 1.02. The summed E-state index contributed by atoms with van der Waals surface area (Å²) in [5.74, 6) is 0. The number of rotatable bonds is 24. The lowest BCUT2D eigenvalue weighted by atomic mass is 10.1. The van der Waals surface area contributed by atoms with E-state index in [2.05, 4.69) is 138 Å². The zero-order valence-corrected chi connectivity index (χ0v) is 41.2. The van der Waals surface area contributed by atoms with Crippen LogP contribution in [0, 0.1) is 0 Å². The van der Waals surface area contributed by atoms with Crippen molar-refractivity contribution in [3.8, 4) is 0 Å². The molecule has 4 nitrogen and oxygen atoms in total. The molecule has 4 heteroatoms. The highest BCUT2D eigenvalue weighted by Gasteiger charge is 2.12. The monoisotopic (exact) mass is 837 g/mol. The van der Waals surface area contributed by atoms with Crippen molar-refractivity contribution < 1.29 is 0 Å². The molecule has 3 aliphatic rings. The predicted octanol–water partition coefficient (Wildman–Crippen LogP) is 14.8. The Morgan fingerprint density at radius 2 is 0.623 bits per heavy atom. The van der Waals surface area contributed by atoms with Crippen molar-refractivity contribution >= 4 is 0 Å². The molecule has 0 radical (unpaired) electrons. The van der Waals surface area contributed by atoms with Crippen LogP contribution in [0.1, 0.15) is 137 Å². The smallest absolute Gasteiger partial charge is 0.0190 e. The fourth-order valence-corrected chi connectivity index (χ4v) is 7.59. The van der Waals surface area contributed by atoms with Gasteiger partial charge in [0, 0.05) is 26.2 Å². The van der Waals surface area contributed by atoms with Gasteiger partial charge in [0.05, 0.1) is 0 Å². The largest absolute Gasteiger partial charge is 0.305 e. The van der Waals surface area contributed by atoms with Crippen molar-refractivity contribution in [3.05, 3.63) is 146 Å². The summed E-state index contributed by atoms with van der Waals surface area (Å²) >= 11 is 0. The molecule has 3 fully saturated rings. The molecule has 0 aromatic rings. The summed E-state index contributed by atoms with van der Waals surface area (Å²) < 4.78 is 0. The average molecular weight is 837 g/mol. The van der Waals surface area contributed by atoms with Gasteiger partial charge in [-0.15, -0.1) is 0 Å². The van der Waals surface area contributed by atoms with Crippen LogP contribution < -0.4 is 0 Å². The maximum Gasteiger partial charge on any atom is 0.0190 e. The molecule has 0 spiro atoms. The first kappa shape index (κ1) is 57.7. The van der Waals surface area contributed by atoms with E-state index in [9.17, 15) is 0 Å². The number of likely N-dealkylation sites (tertiary alicyclic amines) is 3. The summed E-state index contributed by atoms with van der Waals surface area (Å²) in [6.45, 7) is 51.6. The molecule has 344 valence electrons. The van der Waals surface area contributed by atoms with Gasteiger partial charge >= 0.3 is 0 Å². The topological polar surface area (TPSA) is 13.0 Å². The third kappa shape index (κ3) is 36.0. The van der Waals surface area contributed by atoms with Crippen molar-refractivity contribution in [1.29, 1.82) is 0 Å². The molecule has 3 aliphatic heterocycles. The van der Waals surface area contributed by atoms with E-state index in [-0.39, 0.29) is 0 Å². The molecule has 3 rings (SSSR count). The Morgan fingerprint density at radius 1 is 0.393 bits per heavy atom. The van der Waals surface area contributed by atoms with Crippen LogP contribution in [0.2, 0.25) is 0 Å². The summed E-state index contributed by atoms with van der Waals surface area (Å²) in [6.07, 6.45) is 37.7. The number of nitrogens with zero attached hydrogens (tertiary/aromatic N) is 4. The van der Waals surface area contributed by atoms with Crippen molar-refractivity contribution in [2.75, 3.05) is 79.5 Å². The zero-order valence-electron chi connectivity index (χ0n) is 41.2. The molecule has 3 heterocycles. The van der Waals surface area contributed by atoms with Crippen molar-refractivity contribution in [2.24, 2.45) is 0 Å². The van der Waals surface area contributed by atoms with E-state index in [4.69, 9.17) is 0 Å². The van der Waals surface area contributed by atoms with E-state index >= 15 is 0 Å². The molecule has 3 saturated heterocycles. The molecule has 61 heavy (non-hydrogen) atoms. The van der Waals surface area contributed by atoms with E-state index in [1.54, 1.807) is 0 Å². The van der Waals surface area contributed by atoms with Gasteiger partial charge in [0.1, 0.15) is 0 Å². The first-order valence-corrected chi connectivity index (χ1v) is 23.9. The molecule has 0 saturated carbocycles. The predicted molar refractivity (Wildman–Crippen MR) is 279 cm³/mol. The van der Waals surface area contributed by atoms with E-state index in [1.807, 2.05) is 24.3 Å². The third-order valence-corrected chi connectivity index (χ3v) is 11.3. The van der Waals surface area contributed by atoms with Crippen LogP contribution in [0.4, 0.5) is 0 Å². The molecule has 0 unspecified atom stereocenters. The Labute approximate surface area is 380 Å². The highest BCUT2D eigenvalue weighted by molar-refractivity contribution is 5.15. The highest BCUT2D eigenvalue weighted by atomic mass is 15.1. The van der Waals surface area contributed by atoms with Crippen LogP contribution in [0.25, 0.3) is 0 Å². The minimum atomic E-state index is 1.02. The highest BCUT2D eigenvalue weighted by Crippen LogP contribution is 2.15. The van der Waals surface area contributed by atoms with Gasteiger partial charge in [0.2, 0.25) is 0 Å². The molecule has 0 N–H and O–H groups in total. The summed E-state index contributed by atoms with van der Waals surface area (Å²) in [5, 5.41) is 0. The second-order valence-corrected chi connectivity index (χ2v) is 18.1. The van der Waals surface area contributed by atoms with E-state index in [0.717, 1.165) is 99.8 Å². The van der Waals surface area contributed by atoms with Crippen LogP contribution in [-0.4, -0.2) is 99.1 Å². The first-order chi connectivity index (χ1) is 29.2. The van der Waals surface area contributed by atoms with Crippen LogP contribution >= 0.6 is 0 Å². The normalized spacial score (nSPS) is 17.0. The number of hydrogen-bond donors (Lipinski definition) is 0. The molecule has 0 aliphatic carbocycles. The van der Waals surface area contributed by atoms with Crippen LogP contribution in [0.5, 0.6) is 0 Å². The SMILES string of the molecule is C=CC(=C)CC/C=C(/C)CN(C)C.C=CC(=C)CC/C=C(/C)CN1CCCC1.C=CC(=C)CC/C=C(/C)CN1CCCCC1.C=CC(=C)CC/C=C(/C)CN1CCCCCC1. The number of hydrogen-bond acceptors (Lipinski definition) is 4. The maximum atomic E-state index is 3.94. The van der Waals surface area contributed by atoms with Crippen molar-refractivity contribution in [2.45, 2.75) is 137 Å². The van der Waals surface area contributed by atoms with Gasteiger partial charge in [-0.2, -0.15) is 0 Å². The summed E-state index contributed by atoms with van der Waals surface area (Å²) in [4.78, 5) is 9.88. The van der Waals surface area contributed by atoms with Gasteiger partial charge in [0.25, 0.3) is 0 Å². The van der Waals surface area contributed by atoms with Crippen molar-refractivity contribution in [3.63, 3.8) is 0 Å². The van der Waals surface area contributed by atoms with Crippen LogP contribution in [0.15, 0.2) is 146 Å². The fraction of sp³-hybridized carbons (Fsp3) is 0.579. The Balaban J connectivity index is 0.000000791. The van der Waals surface area contributed by atoms with Gasteiger partial charge in [-0.1, -0.05) is 165 Å². The second-order valence-electron chi connectivity index (χ2n) is 18.1. The number of likely N-dealkylation sites (N-methyl/N-ethyl adjacent to an activating group) is 1. The number of allylic oxidation sites excluding steroid dienone is 12. The van der Waals surface area contributed by atoms with Crippen LogP contribution in [-0.2, 0) is 0 Å². The Kier molecular flexibility index (Phi) is 36.3. The molecular formula is C57H96N4. The standard InChI is InChI=1S/C16H27N.C15H25N.C14H23N.C12H21N/c1-4-15(2)10-9-11-16(3)14-17-12-7-5-6-8-13-17;1-4-14(2)9-8-10-15(3)13-16-11-6-5-7-12-16;1-4-13(2)8-7-9-14(3)12-15-10-5-6-11-15;1-6-11(2)8-7-9-12(3)10-13(4)5/h4,11H,1-2,5-10,12-14H2,3H3;4,10H,1-2,5-9,11-13H2,3H3;4,9H,1-2,5-8,10-12H2,3H3;6,9H,1-2,7-8,10H2,3-5H3/b16-11-;15-10-;14-9-;12-9-. The third-order valence-electron chi connectivity index (χ3n) is 11.3. The lowest BCUT2D eigenvalue weighted by Gasteiger charge is -2.26. The molecule has 0 atom stereocenters. The van der Waals surface area contributed by atoms with E-state index in [0.29, 0.717) is 0 Å². The van der Waals surface area contributed by atoms with Gasteiger partial charge in [-0.3, -0.25) is 14.7 Å². The molecule has 0 aromatic heterocycles. The van der Waals surface area contributed by atoms with Crippen molar-refractivity contribution in [1.82, 2.24) is 19.6 Å².